The molecule has 1 aromatic rings. The summed E-state index contributed by atoms with van der Waals surface area (Å²) in [5.41, 5.74) is 6.99. The first kappa shape index (κ1) is 13.7. The fraction of sp³-hybridized carbons (Fsp3) is 0.533. The van der Waals surface area contributed by atoms with Gasteiger partial charge in [-0.05, 0) is 37.0 Å². The molecule has 4 nitrogen and oxygen atoms in total. The van der Waals surface area contributed by atoms with Crippen LogP contribution in [0.3, 0.4) is 0 Å². The summed E-state index contributed by atoms with van der Waals surface area (Å²) in [6.07, 6.45) is 5.03. The molecule has 2 rings (SSSR count). The van der Waals surface area contributed by atoms with Gasteiger partial charge in [0.1, 0.15) is 11.6 Å². The molecule has 0 atom stereocenters. The summed E-state index contributed by atoms with van der Waals surface area (Å²) in [5.74, 6) is 1.19. The monoisotopic (exact) mass is 262 g/mol. The van der Waals surface area contributed by atoms with E-state index in [0.717, 1.165) is 31.4 Å². The second-order valence-corrected chi connectivity index (χ2v) is 5.45. The van der Waals surface area contributed by atoms with Gasteiger partial charge < -0.3 is 15.7 Å². The van der Waals surface area contributed by atoms with Crippen LogP contribution in [0.5, 0.6) is 5.75 Å². The van der Waals surface area contributed by atoms with Gasteiger partial charge in [0.2, 0.25) is 0 Å². The third-order valence-corrected chi connectivity index (χ3v) is 3.65. The topological polar surface area (TPSA) is 67.8 Å². The molecule has 0 aliphatic heterocycles. The molecule has 0 aromatic heterocycles. The van der Waals surface area contributed by atoms with Crippen molar-refractivity contribution in [1.29, 1.82) is 0 Å². The predicted octanol–water partition coefficient (Wildman–Crippen LogP) is 2.93. The van der Waals surface area contributed by atoms with Crippen molar-refractivity contribution in [1.82, 2.24) is 0 Å². The minimum atomic E-state index is 0.0817. The predicted molar refractivity (Wildman–Crippen MR) is 75.6 cm³/mol. The fourth-order valence-electron chi connectivity index (χ4n) is 2.25. The Hall–Kier alpha value is -1.71. The lowest BCUT2D eigenvalue weighted by Gasteiger charge is -2.15. The number of benzene rings is 1. The maximum Gasteiger partial charge on any atom is 0.139 e. The van der Waals surface area contributed by atoms with Gasteiger partial charge in [-0.1, -0.05) is 30.6 Å². The van der Waals surface area contributed by atoms with Crippen molar-refractivity contribution in [2.45, 2.75) is 39.0 Å². The third-order valence-electron chi connectivity index (χ3n) is 3.65. The van der Waals surface area contributed by atoms with E-state index in [9.17, 15) is 0 Å². The Morgan fingerprint density at radius 1 is 1.37 bits per heavy atom. The summed E-state index contributed by atoms with van der Waals surface area (Å²) in [7, 11) is 0. The van der Waals surface area contributed by atoms with E-state index in [-0.39, 0.29) is 5.41 Å². The van der Waals surface area contributed by atoms with Crippen LogP contribution in [0.15, 0.2) is 29.4 Å². The number of nitrogens with two attached hydrogens (primary N) is 1. The van der Waals surface area contributed by atoms with Gasteiger partial charge in [0, 0.05) is 11.8 Å². The molecule has 0 bridgehead atoms. The molecule has 0 amide bonds. The van der Waals surface area contributed by atoms with Crippen molar-refractivity contribution >= 4 is 5.84 Å². The number of oxime groups is 1. The van der Waals surface area contributed by atoms with Crippen molar-refractivity contribution in [3.05, 3.63) is 29.8 Å². The summed E-state index contributed by atoms with van der Waals surface area (Å²) >= 11 is 0. The number of hydrogen-bond donors (Lipinski definition) is 2. The van der Waals surface area contributed by atoms with Crippen LogP contribution in [0.2, 0.25) is 0 Å². The van der Waals surface area contributed by atoms with E-state index in [2.05, 4.69) is 24.2 Å². The molecule has 0 heterocycles. The van der Waals surface area contributed by atoms with E-state index < -0.39 is 0 Å². The zero-order valence-electron chi connectivity index (χ0n) is 11.4. The minimum absolute atomic E-state index is 0.0817. The Morgan fingerprint density at radius 3 is 2.58 bits per heavy atom. The average Bonchev–Trinajstić information content (AvgIpc) is 3.18. The number of ether oxygens (including phenoxy) is 1. The lowest BCUT2D eigenvalue weighted by Crippen LogP contribution is -2.22. The zero-order chi connectivity index (χ0) is 13.7. The van der Waals surface area contributed by atoms with Crippen molar-refractivity contribution in [2.75, 3.05) is 6.61 Å². The third kappa shape index (κ3) is 3.88. The SMILES string of the molecule is CCCc1ccc(OCC2(CC(N)=NO)CC2)cc1. The maximum absolute atomic E-state index is 8.61. The number of nitrogens with zero attached hydrogens (tertiary/aromatic N) is 1. The molecule has 104 valence electrons. The highest BCUT2D eigenvalue weighted by Crippen LogP contribution is 2.48. The highest BCUT2D eigenvalue weighted by atomic mass is 16.5. The summed E-state index contributed by atoms with van der Waals surface area (Å²) < 4.78 is 5.82. The first-order valence-electron chi connectivity index (χ1n) is 6.85. The molecular weight excluding hydrogens is 240 g/mol. The summed E-state index contributed by atoms with van der Waals surface area (Å²) in [5, 5.41) is 11.7. The number of hydrogen-bond acceptors (Lipinski definition) is 3. The van der Waals surface area contributed by atoms with Gasteiger partial charge in [-0.2, -0.15) is 0 Å². The largest absolute Gasteiger partial charge is 0.493 e. The first-order valence-corrected chi connectivity index (χ1v) is 6.85. The molecule has 1 aliphatic rings. The molecule has 0 radical (unpaired) electrons. The van der Waals surface area contributed by atoms with Crippen molar-refractivity contribution in [3.63, 3.8) is 0 Å². The van der Waals surface area contributed by atoms with E-state index in [0.29, 0.717) is 18.9 Å². The van der Waals surface area contributed by atoms with Gasteiger partial charge >= 0.3 is 0 Å². The van der Waals surface area contributed by atoms with Crippen LogP contribution in [0, 0.1) is 5.41 Å². The summed E-state index contributed by atoms with van der Waals surface area (Å²) in [6, 6.07) is 8.26. The van der Waals surface area contributed by atoms with Crippen LogP contribution in [0.4, 0.5) is 0 Å². The Labute approximate surface area is 114 Å². The van der Waals surface area contributed by atoms with E-state index in [4.69, 9.17) is 15.7 Å². The lowest BCUT2D eigenvalue weighted by molar-refractivity contribution is 0.236. The lowest BCUT2D eigenvalue weighted by atomic mass is 10.0. The van der Waals surface area contributed by atoms with E-state index in [1.165, 1.54) is 5.56 Å². The second kappa shape index (κ2) is 5.95. The molecule has 1 saturated carbocycles. The molecule has 3 N–H and O–H groups in total. The highest BCUT2D eigenvalue weighted by molar-refractivity contribution is 5.80. The first-order chi connectivity index (χ1) is 9.17. The molecule has 4 heteroatoms. The molecule has 0 saturated heterocycles. The van der Waals surface area contributed by atoms with Gasteiger partial charge in [0.25, 0.3) is 0 Å². The Kier molecular flexibility index (Phi) is 4.30. The maximum atomic E-state index is 8.61. The molecule has 0 unspecified atom stereocenters. The van der Waals surface area contributed by atoms with E-state index >= 15 is 0 Å². The van der Waals surface area contributed by atoms with Gasteiger partial charge in [-0.25, -0.2) is 0 Å². The number of amidine groups is 1. The second-order valence-electron chi connectivity index (χ2n) is 5.45. The standard InChI is InChI=1S/C15H22N2O2/c1-2-3-12-4-6-13(7-5-12)19-11-15(8-9-15)10-14(16)17-18/h4-7,18H,2-3,8-11H2,1H3,(H2,16,17). The molecule has 1 aromatic carbocycles. The van der Waals surface area contributed by atoms with Crippen LogP contribution >= 0.6 is 0 Å². The smallest absolute Gasteiger partial charge is 0.139 e. The Balaban J connectivity index is 1.85. The molecule has 1 aliphatic carbocycles. The fourth-order valence-corrected chi connectivity index (χ4v) is 2.25. The van der Waals surface area contributed by atoms with E-state index in [1.54, 1.807) is 0 Å². The minimum Gasteiger partial charge on any atom is -0.493 e. The summed E-state index contributed by atoms with van der Waals surface area (Å²) in [6.45, 7) is 2.81. The van der Waals surface area contributed by atoms with Crippen LogP contribution in [-0.4, -0.2) is 17.6 Å². The van der Waals surface area contributed by atoms with Crippen molar-refractivity contribution in [3.8, 4) is 5.75 Å². The number of rotatable bonds is 7. The zero-order valence-corrected chi connectivity index (χ0v) is 11.4. The Bertz CT molecular complexity index is 436. The quantitative estimate of drug-likeness (QED) is 0.343. The summed E-state index contributed by atoms with van der Waals surface area (Å²) in [4.78, 5) is 0. The van der Waals surface area contributed by atoms with Gasteiger partial charge in [-0.3, -0.25) is 0 Å². The van der Waals surface area contributed by atoms with E-state index in [1.807, 2.05) is 12.1 Å². The number of aryl methyl sites for hydroxylation is 1. The van der Waals surface area contributed by atoms with Crippen molar-refractivity contribution < 1.29 is 9.94 Å². The van der Waals surface area contributed by atoms with Gasteiger partial charge in [0.15, 0.2) is 0 Å². The molecule has 19 heavy (non-hydrogen) atoms. The van der Waals surface area contributed by atoms with Crippen LogP contribution in [0.1, 0.15) is 38.2 Å². The molecule has 0 spiro atoms. The van der Waals surface area contributed by atoms with Crippen molar-refractivity contribution in [2.24, 2.45) is 16.3 Å². The van der Waals surface area contributed by atoms with Gasteiger partial charge in [-0.15, -0.1) is 0 Å². The van der Waals surface area contributed by atoms with Crippen LogP contribution in [-0.2, 0) is 6.42 Å². The highest BCUT2D eigenvalue weighted by Gasteiger charge is 2.44. The molecular formula is C15H22N2O2. The average molecular weight is 262 g/mol. The van der Waals surface area contributed by atoms with Crippen LogP contribution < -0.4 is 10.5 Å². The van der Waals surface area contributed by atoms with Gasteiger partial charge in [0.05, 0.1) is 6.61 Å². The van der Waals surface area contributed by atoms with Crippen LogP contribution in [0.25, 0.3) is 0 Å². The Morgan fingerprint density at radius 2 is 2.05 bits per heavy atom. The normalized spacial score (nSPS) is 17.2. The molecule has 1 fully saturated rings.